The molecule has 0 aromatic carbocycles. The molecule has 2 aliphatic rings. The number of nitrogens with two attached hydrogens (primary N) is 1. The molecule has 0 spiro atoms. The van der Waals surface area contributed by atoms with E-state index in [-0.39, 0.29) is 47.9 Å². The maximum Gasteiger partial charge on any atom is 0.291 e. The SMILES string of the molecule is CC(=O)c1c(C2C[C@H]3CC[C@@H](C2)N3C(=O)c2ncn[nH]2)nc2c(-c3ccc(CO)nc3)cnn2c1N. The molecule has 4 N–H and O–H groups in total. The van der Waals surface area contributed by atoms with Gasteiger partial charge in [-0.1, -0.05) is 6.07 Å². The molecule has 2 saturated heterocycles. The van der Waals surface area contributed by atoms with E-state index in [0.717, 1.165) is 24.0 Å². The molecule has 0 saturated carbocycles. The molecule has 6 heterocycles. The first kappa shape index (κ1) is 22.3. The van der Waals surface area contributed by atoms with Gasteiger partial charge in [-0.3, -0.25) is 19.7 Å². The van der Waals surface area contributed by atoms with Crippen LogP contribution in [0.4, 0.5) is 5.82 Å². The molecule has 4 aromatic heterocycles. The first-order chi connectivity index (χ1) is 17.5. The Balaban J connectivity index is 1.40. The van der Waals surface area contributed by atoms with Crippen LogP contribution in [0.1, 0.15) is 70.9 Å². The quantitative estimate of drug-likeness (QED) is 0.355. The van der Waals surface area contributed by atoms with Crippen LogP contribution in [0.3, 0.4) is 0 Å². The number of hydrogen-bond donors (Lipinski definition) is 3. The summed E-state index contributed by atoms with van der Waals surface area (Å²) in [6.45, 7) is 1.34. The summed E-state index contributed by atoms with van der Waals surface area (Å²) in [7, 11) is 0. The maximum absolute atomic E-state index is 13.1. The summed E-state index contributed by atoms with van der Waals surface area (Å²) in [5, 5.41) is 20.2. The minimum atomic E-state index is -0.171. The van der Waals surface area contributed by atoms with E-state index in [1.54, 1.807) is 18.5 Å². The van der Waals surface area contributed by atoms with Crippen molar-refractivity contribution in [2.24, 2.45) is 0 Å². The Kier molecular flexibility index (Phi) is 5.25. The minimum absolute atomic E-state index is 0.0185. The van der Waals surface area contributed by atoms with Gasteiger partial charge >= 0.3 is 0 Å². The molecule has 2 fully saturated rings. The average Bonchev–Trinajstić information content (AvgIpc) is 3.62. The van der Waals surface area contributed by atoms with Crippen LogP contribution in [0.25, 0.3) is 16.8 Å². The van der Waals surface area contributed by atoms with E-state index in [0.29, 0.717) is 35.4 Å². The molecule has 0 aliphatic carbocycles. The molecule has 3 atom stereocenters. The highest BCUT2D eigenvalue weighted by Crippen LogP contribution is 2.45. The highest BCUT2D eigenvalue weighted by atomic mass is 16.3. The van der Waals surface area contributed by atoms with E-state index in [1.165, 1.54) is 17.8 Å². The van der Waals surface area contributed by atoms with Crippen molar-refractivity contribution in [2.75, 3.05) is 5.73 Å². The molecule has 0 radical (unpaired) electrons. The van der Waals surface area contributed by atoms with Gasteiger partial charge in [0.1, 0.15) is 12.1 Å². The zero-order valence-corrected chi connectivity index (χ0v) is 19.6. The standard InChI is InChI=1S/C24H25N9O3/c1-12(35)19-20(14-6-16-4-5-17(7-14)32(16)24(36)22-27-11-28-31-22)30-23-18(9-29-33(23)21(19)25)13-2-3-15(10-34)26-8-13/h2-3,8-9,11,14,16-17,34H,4-7,10,25H2,1H3,(H,27,28,31)/t14?,16-,17+. The number of carbonyl (C=O) groups excluding carboxylic acids is 2. The van der Waals surface area contributed by atoms with Gasteiger partial charge in [0.2, 0.25) is 5.82 Å². The van der Waals surface area contributed by atoms with Crippen LogP contribution >= 0.6 is 0 Å². The van der Waals surface area contributed by atoms with Gasteiger partial charge in [-0.2, -0.15) is 14.7 Å². The van der Waals surface area contributed by atoms with Crippen LogP contribution < -0.4 is 5.73 Å². The van der Waals surface area contributed by atoms with E-state index in [4.69, 9.17) is 10.7 Å². The fourth-order valence-electron chi connectivity index (χ4n) is 5.73. The monoisotopic (exact) mass is 487 g/mol. The second kappa shape index (κ2) is 8.48. The molecule has 2 aliphatic heterocycles. The predicted octanol–water partition coefficient (Wildman–Crippen LogP) is 1.74. The van der Waals surface area contributed by atoms with Crippen LogP contribution in [0.2, 0.25) is 0 Å². The van der Waals surface area contributed by atoms with Gasteiger partial charge in [0.05, 0.1) is 29.8 Å². The number of Topliss-reactive ketones (excluding diaryl/α,β-unsaturated/α-hetero) is 1. The number of hydrogen-bond acceptors (Lipinski definition) is 9. The Morgan fingerprint density at radius 3 is 2.56 bits per heavy atom. The predicted molar refractivity (Wildman–Crippen MR) is 128 cm³/mol. The lowest BCUT2D eigenvalue weighted by Gasteiger charge is -2.38. The number of piperidine rings is 1. The van der Waals surface area contributed by atoms with Crippen molar-refractivity contribution < 1.29 is 14.7 Å². The fraction of sp³-hybridized carbons (Fsp3) is 0.375. The fourth-order valence-corrected chi connectivity index (χ4v) is 5.73. The van der Waals surface area contributed by atoms with Crippen LogP contribution in [-0.4, -0.2) is 68.5 Å². The van der Waals surface area contributed by atoms with E-state index in [9.17, 15) is 14.7 Å². The molecule has 12 heteroatoms. The van der Waals surface area contributed by atoms with Crippen LogP contribution in [0, 0.1) is 0 Å². The molecule has 36 heavy (non-hydrogen) atoms. The zero-order chi connectivity index (χ0) is 25.0. The number of pyridine rings is 1. The number of H-pyrrole nitrogens is 1. The molecule has 4 aromatic rings. The highest BCUT2D eigenvalue weighted by Gasteiger charge is 2.45. The molecule has 2 bridgehead atoms. The molecular weight excluding hydrogens is 462 g/mol. The molecule has 6 rings (SSSR count). The average molecular weight is 488 g/mol. The van der Waals surface area contributed by atoms with Crippen molar-refractivity contribution in [1.82, 2.24) is 39.7 Å². The lowest BCUT2D eigenvalue weighted by atomic mass is 9.85. The van der Waals surface area contributed by atoms with Crippen molar-refractivity contribution in [3.8, 4) is 11.1 Å². The summed E-state index contributed by atoms with van der Waals surface area (Å²) in [6.07, 6.45) is 7.77. The summed E-state index contributed by atoms with van der Waals surface area (Å²) < 4.78 is 1.49. The Morgan fingerprint density at radius 1 is 1.17 bits per heavy atom. The van der Waals surface area contributed by atoms with Gasteiger partial charge in [0.15, 0.2) is 11.4 Å². The smallest absolute Gasteiger partial charge is 0.291 e. The Morgan fingerprint density at radius 2 is 1.94 bits per heavy atom. The number of carbonyl (C=O) groups is 2. The summed E-state index contributed by atoms with van der Waals surface area (Å²) >= 11 is 0. The largest absolute Gasteiger partial charge is 0.390 e. The molecular formula is C24H25N9O3. The second-order valence-corrected chi connectivity index (χ2v) is 9.40. The van der Waals surface area contributed by atoms with Crippen LogP contribution in [0.15, 0.2) is 30.9 Å². The molecule has 1 amide bonds. The van der Waals surface area contributed by atoms with Gasteiger partial charge < -0.3 is 15.7 Å². The van der Waals surface area contributed by atoms with Crippen molar-refractivity contribution in [1.29, 1.82) is 0 Å². The minimum Gasteiger partial charge on any atom is -0.390 e. The molecule has 1 unspecified atom stereocenters. The molecule has 184 valence electrons. The summed E-state index contributed by atoms with van der Waals surface area (Å²) in [5.74, 6) is 0.134. The summed E-state index contributed by atoms with van der Waals surface area (Å²) in [6, 6.07) is 3.63. The number of aromatic amines is 1. The van der Waals surface area contributed by atoms with Crippen molar-refractivity contribution in [3.63, 3.8) is 0 Å². The number of rotatable bonds is 5. The number of aromatic nitrogens is 7. The van der Waals surface area contributed by atoms with E-state index < -0.39 is 0 Å². The topological polar surface area (TPSA) is 168 Å². The van der Waals surface area contributed by atoms with E-state index >= 15 is 0 Å². The van der Waals surface area contributed by atoms with Gasteiger partial charge in [-0.15, -0.1) is 0 Å². The van der Waals surface area contributed by atoms with Crippen molar-refractivity contribution in [3.05, 3.63) is 53.6 Å². The number of amides is 1. The molecule has 12 nitrogen and oxygen atoms in total. The van der Waals surface area contributed by atoms with Crippen LogP contribution in [0.5, 0.6) is 0 Å². The third kappa shape index (κ3) is 3.44. The van der Waals surface area contributed by atoms with Crippen molar-refractivity contribution >= 4 is 23.2 Å². The number of anilines is 1. The third-order valence-electron chi connectivity index (χ3n) is 7.33. The number of nitrogens with one attached hydrogen (secondary N) is 1. The number of aliphatic hydroxyl groups is 1. The van der Waals surface area contributed by atoms with E-state index in [2.05, 4.69) is 25.3 Å². The second-order valence-electron chi connectivity index (χ2n) is 9.40. The first-order valence-corrected chi connectivity index (χ1v) is 11.9. The normalized spacial score (nSPS) is 21.3. The van der Waals surface area contributed by atoms with Gasteiger partial charge in [0, 0.05) is 35.3 Å². The number of aliphatic hydroxyl groups excluding tert-OH is 1. The lowest BCUT2D eigenvalue weighted by molar-refractivity contribution is 0.0556. The summed E-state index contributed by atoms with van der Waals surface area (Å²) in [5.41, 5.74) is 10.1. The first-order valence-electron chi connectivity index (χ1n) is 11.9. The van der Waals surface area contributed by atoms with E-state index in [1.807, 2.05) is 11.0 Å². The number of ketones is 1. The third-order valence-corrected chi connectivity index (χ3v) is 7.33. The number of nitrogens with zero attached hydrogens (tertiary/aromatic N) is 7. The maximum atomic E-state index is 13.1. The number of fused-ring (bicyclic) bond motifs is 3. The Hall–Kier alpha value is -4.19. The van der Waals surface area contributed by atoms with Crippen molar-refractivity contribution in [2.45, 2.75) is 57.2 Å². The Bertz CT molecular complexity index is 1450. The zero-order valence-electron chi connectivity index (χ0n) is 19.6. The number of nitrogen functional groups attached to an aromatic ring is 1. The van der Waals surface area contributed by atoms with Gasteiger partial charge in [-0.05, 0) is 38.7 Å². The Labute approximate surface area is 205 Å². The summed E-state index contributed by atoms with van der Waals surface area (Å²) in [4.78, 5) is 41.0. The van der Waals surface area contributed by atoms with Gasteiger partial charge in [0.25, 0.3) is 5.91 Å². The van der Waals surface area contributed by atoms with Gasteiger partial charge in [-0.25, -0.2) is 9.97 Å². The lowest BCUT2D eigenvalue weighted by Crippen LogP contribution is -2.46. The van der Waals surface area contributed by atoms with Crippen LogP contribution in [-0.2, 0) is 6.61 Å². The highest BCUT2D eigenvalue weighted by molar-refractivity contribution is 6.00.